The van der Waals surface area contributed by atoms with Crippen LogP contribution in [0.3, 0.4) is 0 Å². The maximum atomic E-state index is 12.0. The fraction of sp³-hybridized carbons (Fsp3) is 0.778. The smallest absolute Gasteiger partial charge is 0.259 e. The van der Waals surface area contributed by atoms with Crippen LogP contribution in [0.2, 0.25) is 0 Å². The molecule has 1 fully saturated rings. The van der Waals surface area contributed by atoms with Crippen molar-refractivity contribution in [2.24, 2.45) is 0 Å². The second-order valence-corrected chi connectivity index (χ2v) is 4.88. The SMILES string of the molecule is CS[C@]1(C)C(=O)N(C)[C@@H](C)C(=O)N1C. The number of hydrogen-bond donors (Lipinski definition) is 0. The molecule has 2 amide bonds. The predicted octanol–water partition coefficient (Wildman–Crippen LogP) is 0.385. The Labute approximate surface area is 88.6 Å². The summed E-state index contributed by atoms with van der Waals surface area (Å²) in [5.74, 6) is -0.0245. The Bertz CT molecular complexity index is 282. The standard InChI is InChI=1S/C9H16N2O2S/c1-6-7(12)11(4)9(2,14-5)8(13)10(6)3/h6H,1-5H3/t6-,9+/m0/s1. The second kappa shape index (κ2) is 3.46. The van der Waals surface area contributed by atoms with Gasteiger partial charge in [0, 0.05) is 14.1 Å². The van der Waals surface area contributed by atoms with E-state index in [1.165, 1.54) is 21.6 Å². The van der Waals surface area contributed by atoms with Crippen molar-refractivity contribution < 1.29 is 9.59 Å². The summed E-state index contributed by atoms with van der Waals surface area (Å²) < 4.78 is 0. The zero-order valence-electron chi connectivity index (χ0n) is 9.20. The summed E-state index contributed by atoms with van der Waals surface area (Å²) in [5.41, 5.74) is 0. The molecule has 0 N–H and O–H groups in total. The minimum Gasteiger partial charge on any atom is -0.331 e. The first-order valence-corrected chi connectivity index (χ1v) is 5.68. The zero-order chi connectivity index (χ0) is 11.1. The summed E-state index contributed by atoms with van der Waals surface area (Å²) in [6.45, 7) is 3.52. The van der Waals surface area contributed by atoms with Crippen molar-refractivity contribution in [1.29, 1.82) is 0 Å². The van der Waals surface area contributed by atoms with Gasteiger partial charge in [-0.3, -0.25) is 9.59 Å². The zero-order valence-corrected chi connectivity index (χ0v) is 10.0. The van der Waals surface area contributed by atoms with E-state index in [0.717, 1.165) is 0 Å². The van der Waals surface area contributed by atoms with Gasteiger partial charge in [0.2, 0.25) is 5.91 Å². The Morgan fingerprint density at radius 1 is 1.36 bits per heavy atom. The number of nitrogens with zero attached hydrogens (tertiary/aromatic N) is 2. The molecular formula is C9H16N2O2S. The first-order chi connectivity index (χ1) is 6.36. The van der Waals surface area contributed by atoms with E-state index in [0.29, 0.717) is 0 Å². The first kappa shape index (κ1) is 11.4. The van der Waals surface area contributed by atoms with Gasteiger partial charge in [-0.2, -0.15) is 0 Å². The van der Waals surface area contributed by atoms with Crippen molar-refractivity contribution in [2.45, 2.75) is 24.8 Å². The van der Waals surface area contributed by atoms with Gasteiger partial charge in [-0.05, 0) is 20.1 Å². The predicted molar refractivity (Wildman–Crippen MR) is 56.9 cm³/mol. The van der Waals surface area contributed by atoms with Gasteiger partial charge in [0.15, 0.2) is 4.87 Å². The summed E-state index contributed by atoms with van der Waals surface area (Å²) >= 11 is 1.39. The highest BCUT2D eigenvalue weighted by Gasteiger charge is 2.48. The molecular weight excluding hydrogens is 200 g/mol. The molecule has 14 heavy (non-hydrogen) atoms. The Hall–Kier alpha value is -0.710. The van der Waals surface area contributed by atoms with E-state index in [4.69, 9.17) is 0 Å². The van der Waals surface area contributed by atoms with Gasteiger partial charge < -0.3 is 9.80 Å². The Kier molecular flexibility index (Phi) is 2.81. The van der Waals surface area contributed by atoms with Crippen molar-refractivity contribution in [3.8, 4) is 0 Å². The molecule has 0 unspecified atom stereocenters. The molecule has 4 nitrogen and oxygen atoms in total. The lowest BCUT2D eigenvalue weighted by Crippen LogP contribution is -2.66. The largest absolute Gasteiger partial charge is 0.331 e. The van der Waals surface area contributed by atoms with E-state index in [1.54, 1.807) is 27.9 Å². The molecule has 1 aliphatic heterocycles. The number of carbonyl (C=O) groups is 2. The summed E-state index contributed by atoms with van der Waals surface area (Å²) in [4.78, 5) is 26.0. The van der Waals surface area contributed by atoms with Crippen molar-refractivity contribution in [1.82, 2.24) is 9.80 Å². The molecule has 0 saturated carbocycles. The lowest BCUT2D eigenvalue weighted by molar-refractivity contribution is -0.159. The van der Waals surface area contributed by atoms with Gasteiger partial charge in [0.25, 0.3) is 5.91 Å². The molecule has 0 aromatic carbocycles. The summed E-state index contributed by atoms with van der Waals surface area (Å²) in [5, 5.41) is 0. The fourth-order valence-corrected chi connectivity index (χ4v) is 2.21. The van der Waals surface area contributed by atoms with Crippen molar-refractivity contribution in [2.75, 3.05) is 20.4 Å². The number of carbonyl (C=O) groups excluding carboxylic acids is 2. The van der Waals surface area contributed by atoms with Gasteiger partial charge in [-0.1, -0.05) is 0 Å². The minimum atomic E-state index is -0.752. The van der Waals surface area contributed by atoms with Gasteiger partial charge in [0.1, 0.15) is 6.04 Å². The van der Waals surface area contributed by atoms with Crippen LogP contribution in [0.15, 0.2) is 0 Å². The molecule has 80 valence electrons. The van der Waals surface area contributed by atoms with Gasteiger partial charge in [-0.25, -0.2) is 0 Å². The monoisotopic (exact) mass is 216 g/mol. The minimum absolute atomic E-state index is 0.0102. The topological polar surface area (TPSA) is 40.6 Å². The number of likely N-dealkylation sites (N-methyl/N-ethyl adjacent to an activating group) is 2. The quantitative estimate of drug-likeness (QED) is 0.636. The molecule has 0 spiro atoms. The fourth-order valence-electron chi connectivity index (χ4n) is 1.53. The highest BCUT2D eigenvalue weighted by atomic mass is 32.2. The average molecular weight is 216 g/mol. The maximum Gasteiger partial charge on any atom is 0.259 e. The van der Waals surface area contributed by atoms with Crippen molar-refractivity contribution in [3.63, 3.8) is 0 Å². The summed E-state index contributed by atoms with van der Waals surface area (Å²) in [6.07, 6.45) is 1.84. The van der Waals surface area contributed by atoms with Crippen LogP contribution in [0, 0.1) is 0 Å². The molecule has 1 rings (SSSR count). The van der Waals surface area contributed by atoms with Crippen molar-refractivity contribution >= 4 is 23.6 Å². The molecule has 0 aromatic heterocycles. The molecule has 2 atom stereocenters. The van der Waals surface area contributed by atoms with Gasteiger partial charge in [0.05, 0.1) is 0 Å². The van der Waals surface area contributed by atoms with E-state index >= 15 is 0 Å². The van der Waals surface area contributed by atoms with Crippen LogP contribution in [0.1, 0.15) is 13.8 Å². The second-order valence-electron chi connectivity index (χ2n) is 3.68. The molecule has 1 aliphatic rings. The summed E-state index contributed by atoms with van der Waals surface area (Å²) in [6, 6.07) is -0.354. The number of piperazine rings is 1. The number of thioether (sulfide) groups is 1. The molecule has 0 aromatic rings. The molecule has 1 saturated heterocycles. The Morgan fingerprint density at radius 2 is 1.86 bits per heavy atom. The Morgan fingerprint density at radius 3 is 2.29 bits per heavy atom. The molecule has 1 heterocycles. The molecule has 5 heteroatoms. The van der Waals surface area contributed by atoms with Crippen LogP contribution in [-0.2, 0) is 9.59 Å². The molecule has 0 radical (unpaired) electrons. The van der Waals surface area contributed by atoms with E-state index in [-0.39, 0.29) is 17.9 Å². The summed E-state index contributed by atoms with van der Waals surface area (Å²) in [7, 11) is 3.35. The third kappa shape index (κ3) is 1.30. The third-order valence-corrected chi connectivity index (χ3v) is 4.27. The number of hydrogen-bond acceptors (Lipinski definition) is 3. The van der Waals surface area contributed by atoms with Gasteiger partial charge in [-0.15, -0.1) is 11.8 Å². The lowest BCUT2D eigenvalue weighted by atomic mass is 10.1. The molecule has 0 bridgehead atoms. The Balaban J connectivity index is 3.11. The van der Waals surface area contributed by atoms with Crippen LogP contribution in [0.25, 0.3) is 0 Å². The van der Waals surface area contributed by atoms with Crippen molar-refractivity contribution in [3.05, 3.63) is 0 Å². The van der Waals surface area contributed by atoms with E-state index in [1.807, 2.05) is 6.26 Å². The molecule has 0 aliphatic carbocycles. The van der Waals surface area contributed by atoms with E-state index in [9.17, 15) is 9.59 Å². The van der Waals surface area contributed by atoms with Crippen LogP contribution in [0.5, 0.6) is 0 Å². The third-order valence-electron chi connectivity index (χ3n) is 3.02. The van der Waals surface area contributed by atoms with Gasteiger partial charge >= 0.3 is 0 Å². The normalized spacial score (nSPS) is 33.9. The number of amides is 2. The van der Waals surface area contributed by atoms with E-state index in [2.05, 4.69) is 0 Å². The maximum absolute atomic E-state index is 12.0. The lowest BCUT2D eigenvalue weighted by Gasteiger charge is -2.46. The highest BCUT2D eigenvalue weighted by Crippen LogP contribution is 2.32. The number of rotatable bonds is 1. The van der Waals surface area contributed by atoms with E-state index < -0.39 is 4.87 Å². The van der Waals surface area contributed by atoms with Crippen LogP contribution in [-0.4, -0.2) is 52.9 Å². The van der Waals surface area contributed by atoms with Crippen LogP contribution >= 0.6 is 11.8 Å². The average Bonchev–Trinajstić information content (AvgIpc) is 2.21. The first-order valence-electron chi connectivity index (χ1n) is 4.46. The van der Waals surface area contributed by atoms with Crippen LogP contribution in [0.4, 0.5) is 0 Å². The van der Waals surface area contributed by atoms with Crippen LogP contribution < -0.4 is 0 Å². The highest BCUT2D eigenvalue weighted by molar-refractivity contribution is 8.00.